The minimum atomic E-state index is -4.60. The molecule has 4 rings (SSSR count). The summed E-state index contributed by atoms with van der Waals surface area (Å²) < 4.78 is 66.1. The molecule has 0 unspecified atom stereocenters. The number of hydrogen-bond acceptors (Lipinski definition) is 4. The van der Waals surface area contributed by atoms with Crippen LogP contribution in [-0.2, 0) is 10.9 Å². The molecule has 0 fully saturated rings. The molecule has 33 heavy (non-hydrogen) atoms. The average Bonchev–Trinajstić information content (AvgIpc) is 3.28. The van der Waals surface area contributed by atoms with Crippen molar-refractivity contribution in [3.05, 3.63) is 89.2 Å². The van der Waals surface area contributed by atoms with Crippen LogP contribution in [0.4, 0.5) is 17.6 Å². The molecule has 0 atom stereocenters. The number of hydrogen-bond donors (Lipinski definition) is 0. The van der Waals surface area contributed by atoms with Crippen LogP contribution >= 0.6 is 0 Å². The maximum Gasteiger partial charge on any atom is 0.417 e. The van der Waals surface area contributed by atoms with Gasteiger partial charge in [0, 0.05) is 17.2 Å². The second kappa shape index (κ2) is 8.54. The van der Waals surface area contributed by atoms with Gasteiger partial charge in [0.15, 0.2) is 5.76 Å². The van der Waals surface area contributed by atoms with Crippen LogP contribution in [0.3, 0.4) is 0 Å². The highest BCUT2D eigenvalue weighted by atomic mass is 19.4. The van der Waals surface area contributed by atoms with Crippen molar-refractivity contribution in [2.24, 2.45) is 0 Å². The topological polar surface area (TPSA) is 52.3 Å². The Morgan fingerprint density at radius 1 is 0.939 bits per heavy atom. The Kier molecular flexibility index (Phi) is 5.76. The molecular weight excluding hydrogens is 438 g/mol. The lowest BCUT2D eigenvalue weighted by atomic mass is 9.91. The van der Waals surface area contributed by atoms with Gasteiger partial charge in [-0.3, -0.25) is 0 Å². The summed E-state index contributed by atoms with van der Waals surface area (Å²) in [6, 6.07) is 16.4. The number of halogens is 4. The summed E-state index contributed by atoms with van der Waals surface area (Å²) in [6.07, 6.45) is -4.60. The van der Waals surface area contributed by atoms with E-state index in [0.29, 0.717) is 11.1 Å². The quantitative estimate of drug-likeness (QED) is 0.247. The zero-order valence-corrected chi connectivity index (χ0v) is 17.5. The number of aromatic nitrogens is 1. The highest BCUT2D eigenvalue weighted by Gasteiger charge is 2.37. The Bertz CT molecular complexity index is 1330. The molecule has 4 aromatic rings. The Morgan fingerprint density at radius 3 is 2.27 bits per heavy atom. The monoisotopic (exact) mass is 455 g/mol. The van der Waals surface area contributed by atoms with E-state index in [1.807, 2.05) is 0 Å². The summed E-state index contributed by atoms with van der Waals surface area (Å²) in [6.45, 7) is 1.37. The molecule has 0 N–H and O–H groups in total. The normalized spacial score (nSPS) is 11.5. The Balaban J connectivity index is 1.77. The first-order valence-corrected chi connectivity index (χ1v) is 9.82. The van der Waals surface area contributed by atoms with Gasteiger partial charge in [0.2, 0.25) is 0 Å². The largest absolute Gasteiger partial charge is 0.465 e. The van der Waals surface area contributed by atoms with E-state index in [2.05, 4.69) is 9.89 Å². The van der Waals surface area contributed by atoms with E-state index in [1.165, 1.54) is 37.3 Å². The number of esters is 1. The van der Waals surface area contributed by atoms with Crippen LogP contribution in [0.5, 0.6) is 0 Å². The molecule has 0 saturated heterocycles. The van der Waals surface area contributed by atoms with Crippen LogP contribution < -0.4 is 0 Å². The van der Waals surface area contributed by atoms with Crippen LogP contribution in [0.25, 0.3) is 33.7 Å². The lowest BCUT2D eigenvalue weighted by Crippen LogP contribution is -2.10. The van der Waals surface area contributed by atoms with Crippen LogP contribution in [0, 0.1) is 12.7 Å². The summed E-state index contributed by atoms with van der Waals surface area (Å²) in [5.74, 6) is -1.54. The molecule has 0 aliphatic heterocycles. The second-order valence-corrected chi connectivity index (χ2v) is 7.29. The fourth-order valence-electron chi connectivity index (χ4n) is 3.69. The fraction of sp³-hybridized carbons (Fsp3) is 0.120. The summed E-state index contributed by atoms with van der Waals surface area (Å²) in [4.78, 5) is 11.6. The molecule has 0 aliphatic rings. The average molecular weight is 455 g/mol. The van der Waals surface area contributed by atoms with Gasteiger partial charge in [0.25, 0.3) is 0 Å². The van der Waals surface area contributed by atoms with E-state index in [-0.39, 0.29) is 33.7 Å². The van der Waals surface area contributed by atoms with Crippen molar-refractivity contribution in [2.45, 2.75) is 13.1 Å². The summed E-state index contributed by atoms with van der Waals surface area (Å²) >= 11 is 0. The number of rotatable bonds is 4. The van der Waals surface area contributed by atoms with Gasteiger partial charge in [0.05, 0.1) is 18.2 Å². The number of carbonyl (C=O) groups is 1. The molecular formula is C25H17F4NO3. The first kappa shape index (κ1) is 22.3. The fourth-order valence-corrected chi connectivity index (χ4v) is 3.69. The summed E-state index contributed by atoms with van der Waals surface area (Å²) in [7, 11) is 1.14. The van der Waals surface area contributed by atoms with Crippen LogP contribution in [-0.4, -0.2) is 18.2 Å². The molecule has 168 valence electrons. The molecule has 0 radical (unpaired) electrons. The van der Waals surface area contributed by atoms with Crippen molar-refractivity contribution in [3.8, 4) is 33.7 Å². The van der Waals surface area contributed by atoms with Crippen molar-refractivity contribution in [1.82, 2.24) is 5.16 Å². The predicted molar refractivity (Wildman–Crippen MR) is 114 cm³/mol. The molecule has 0 saturated carbocycles. The van der Waals surface area contributed by atoms with Crippen LogP contribution in [0.2, 0.25) is 0 Å². The minimum Gasteiger partial charge on any atom is -0.465 e. The third-order valence-electron chi connectivity index (χ3n) is 5.28. The third-order valence-corrected chi connectivity index (χ3v) is 5.28. The van der Waals surface area contributed by atoms with E-state index >= 15 is 0 Å². The van der Waals surface area contributed by atoms with Gasteiger partial charge in [-0.05, 0) is 35.7 Å². The van der Waals surface area contributed by atoms with Crippen LogP contribution in [0.15, 0.2) is 71.3 Å². The van der Waals surface area contributed by atoms with Gasteiger partial charge in [-0.2, -0.15) is 13.2 Å². The van der Waals surface area contributed by atoms with Gasteiger partial charge in [-0.15, -0.1) is 0 Å². The molecule has 3 aromatic carbocycles. The maximum absolute atomic E-state index is 14.3. The van der Waals surface area contributed by atoms with Gasteiger partial charge in [-0.25, -0.2) is 9.18 Å². The highest BCUT2D eigenvalue weighted by Crippen LogP contribution is 2.43. The first-order chi connectivity index (χ1) is 15.7. The van der Waals surface area contributed by atoms with Crippen molar-refractivity contribution >= 4 is 5.97 Å². The molecule has 0 spiro atoms. The zero-order valence-electron chi connectivity index (χ0n) is 17.5. The number of methoxy groups -OCH3 is 1. The molecule has 1 heterocycles. The summed E-state index contributed by atoms with van der Waals surface area (Å²) in [5.41, 5.74) is 0.199. The van der Waals surface area contributed by atoms with Crippen molar-refractivity contribution < 1.29 is 31.6 Å². The zero-order chi connectivity index (χ0) is 23.8. The number of alkyl halides is 3. The van der Waals surface area contributed by atoms with E-state index < -0.39 is 23.5 Å². The molecule has 8 heteroatoms. The number of nitrogens with zero attached hydrogens (tertiary/aromatic N) is 1. The maximum atomic E-state index is 14.3. The number of benzene rings is 3. The molecule has 0 bridgehead atoms. The highest BCUT2D eigenvalue weighted by molar-refractivity contribution is 5.90. The number of ether oxygens (including phenoxy) is 1. The molecule has 1 aromatic heterocycles. The van der Waals surface area contributed by atoms with Gasteiger partial charge >= 0.3 is 12.1 Å². The smallest absolute Gasteiger partial charge is 0.417 e. The molecule has 4 nitrogen and oxygen atoms in total. The molecule has 0 amide bonds. The predicted octanol–water partition coefficient (Wildman–Crippen LogP) is 6.93. The van der Waals surface area contributed by atoms with E-state index in [9.17, 15) is 22.4 Å². The lowest BCUT2D eigenvalue weighted by molar-refractivity contribution is -0.137. The Morgan fingerprint density at radius 2 is 1.64 bits per heavy atom. The van der Waals surface area contributed by atoms with E-state index in [1.54, 1.807) is 30.3 Å². The van der Waals surface area contributed by atoms with E-state index in [4.69, 9.17) is 4.52 Å². The van der Waals surface area contributed by atoms with Gasteiger partial charge < -0.3 is 9.26 Å². The van der Waals surface area contributed by atoms with Crippen LogP contribution in [0.1, 0.15) is 21.5 Å². The second-order valence-electron chi connectivity index (χ2n) is 7.29. The van der Waals surface area contributed by atoms with Gasteiger partial charge in [0.1, 0.15) is 11.5 Å². The molecule has 0 aliphatic carbocycles. The van der Waals surface area contributed by atoms with Crippen molar-refractivity contribution in [2.75, 3.05) is 7.11 Å². The number of carbonyl (C=O) groups excluding carboxylic acids is 1. The Labute approximate surface area is 186 Å². The lowest BCUT2D eigenvalue weighted by Gasteiger charge is -2.18. The SMILES string of the molecule is COC(=O)c1ccc(-c2cc(-c3ccc(-c4ccccc4)c(C(F)(F)F)c3C)on2)cc1F. The Hall–Kier alpha value is -3.94. The standard InChI is InChI=1S/C25H17F4NO3/c1-14-17(10-11-18(23(14)25(27,28)29)15-6-4-3-5-7-15)22-13-21(30-33-22)16-8-9-19(20(26)12-16)24(31)32-2/h3-13H,1-2H3. The van der Waals surface area contributed by atoms with Gasteiger partial charge in [-0.1, -0.05) is 53.7 Å². The van der Waals surface area contributed by atoms with Crippen molar-refractivity contribution in [1.29, 1.82) is 0 Å². The van der Waals surface area contributed by atoms with Crippen molar-refractivity contribution in [3.63, 3.8) is 0 Å². The minimum absolute atomic E-state index is 0.0150. The van der Waals surface area contributed by atoms with E-state index in [0.717, 1.165) is 13.2 Å². The summed E-state index contributed by atoms with van der Waals surface area (Å²) in [5, 5.41) is 3.87. The first-order valence-electron chi connectivity index (χ1n) is 9.82. The third kappa shape index (κ3) is 4.24.